The normalized spacial score (nSPS) is 16.3. The number of esters is 1. The van der Waals surface area contributed by atoms with Crippen LogP contribution in [0.1, 0.15) is 46.8 Å². The molecule has 0 unspecified atom stereocenters. The number of ether oxygens (including phenoxy) is 2. The molecule has 0 radical (unpaired) electrons. The molecule has 5 heteroatoms. The van der Waals surface area contributed by atoms with Crippen LogP contribution in [0.25, 0.3) is 16.5 Å². The number of hydrogen-bond donors (Lipinski definition) is 1. The second kappa shape index (κ2) is 9.67. The first-order valence-electron chi connectivity index (χ1n) is 12.8. The van der Waals surface area contributed by atoms with E-state index in [0.29, 0.717) is 34.8 Å². The first kappa shape index (κ1) is 23.7. The topological polar surface area (TPSA) is 64.6 Å². The largest absolute Gasteiger partial charge is 0.489 e. The Labute approximate surface area is 221 Å². The molecule has 0 aromatic heterocycles. The highest BCUT2D eigenvalue weighted by Gasteiger charge is 2.42. The van der Waals surface area contributed by atoms with Crippen LogP contribution >= 0.6 is 0 Å². The van der Waals surface area contributed by atoms with Crippen LogP contribution in [-0.2, 0) is 16.1 Å². The second-order valence-electron chi connectivity index (χ2n) is 9.52. The zero-order valence-corrected chi connectivity index (χ0v) is 21.3. The molecule has 1 aliphatic carbocycles. The van der Waals surface area contributed by atoms with Gasteiger partial charge in [-0.25, -0.2) is 4.79 Å². The molecule has 0 fully saturated rings. The molecule has 0 saturated carbocycles. The molecule has 4 aromatic rings. The maximum atomic E-state index is 13.6. The fraction of sp³-hybridized carbons (Fsp3) is 0.152. The van der Waals surface area contributed by atoms with Gasteiger partial charge >= 0.3 is 5.97 Å². The smallest absolute Gasteiger partial charge is 0.336 e. The fourth-order valence-corrected chi connectivity index (χ4v) is 5.39. The summed E-state index contributed by atoms with van der Waals surface area (Å²) in [5.74, 6) is -0.322. The van der Waals surface area contributed by atoms with Crippen molar-refractivity contribution >= 4 is 28.2 Å². The molecular weight excluding hydrogens is 474 g/mol. The third-order valence-electron chi connectivity index (χ3n) is 7.18. The van der Waals surface area contributed by atoms with Crippen molar-refractivity contribution in [2.24, 2.45) is 0 Å². The highest BCUT2D eigenvalue weighted by molar-refractivity contribution is 6.23. The molecule has 2 aliphatic rings. The number of allylic oxidation sites excluding steroid dienone is 2. The van der Waals surface area contributed by atoms with Crippen LogP contribution in [-0.4, -0.2) is 18.4 Å². The van der Waals surface area contributed by atoms with E-state index in [2.05, 4.69) is 35.6 Å². The van der Waals surface area contributed by atoms with E-state index in [0.717, 1.165) is 22.4 Å². The maximum absolute atomic E-state index is 13.6. The molecule has 188 valence electrons. The number of carbonyl (C=O) groups is 2. The Morgan fingerprint density at radius 2 is 1.58 bits per heavy atom. The highest BCUT2D eigenvalue weighted by atomic mass is 16.5. The van der Waals surface area contributed by atoms with Crippen molar-refractivity contribution in [3.63, 3.8) is 0 Å². The molecule has 0 bridgehead atoms. The number of dihydropyridines is 1. The van der Waals surface area contributed by atoms with Gasteiger partial charge in [0.15, 0.2) is 5.78 Å². The van der Waals surface area contributed by atoms with Crippen LogP contribution in [0.15, 0.2) is 108 Å². The van der Waals surface area contributed by atoms with Gasteiger partial charge in [0, 0.05) is 28.3 Å². The van der Waals surface area contributed by atoms with Gasteiger partial charge in [0.1, 0.15) is 12.4 Å². The Balaban J connectivity index is 1.31. The summed E-state index contributed by atoms with van der Waals surface area (Å²) >= 11 is 0. The molecular formula is C33H27NO4. The average molecular weight is 502 g/mol. The third-order valence-corrected chi connectivity index (χ3v) is 7.18. The molecule has 38 heavy (non-hydrogen) atoms. The van der Waals surface area contributed by atoms with Crippen molar-refractivity contribution in [2.45, 2.75) is 26.4 Å². The molecule has 1 heterocycles. The van der Waals surface area contributed by atoms with E-state index < -0.39 is 11.9 Å². The minimum Gasteiger partial charge on any atom is -0.489 e. The summed E-state index contributed by atoms with van der Waals surface area (Å²) in [5.41, 5.74) is 5.89. The van der Waals surface area contributed by atoms with Crippen LogP contribution in [0, 0.1) is 0 Å². The Morgan fingerprint density at radius 1 is 0.868 bits per heavy atom. The number of benzene rings is 4. The minimum absolute atomic E-state index is 0.0703. The monoisotopic (exact) mass is 501 g/mol. The maximum Gasteiger partial charge on any atom is 0.336 e. The lowest BCUT2D eigenvalue weighted by Crippen LogP contribution is -2.29. The predicted molar refractivity (Wildman–Crippen MR) is 148 cm³/mol. The molecule has 0 saturated heterocycles. The van der Waals surface area contributed by atoms with E-state index in [1.807, 2.05) is 67.6 Å². The number of carbonyl (C=O) groups excluding carboxylic acids is 2. The molecule has 0 spiro atoms. The van der Waals surface area contributed by atoms with E-state index in [-0.39, 0.29) is 12.4 Å². The average Bonchev–Trinajstić information content (AvgIpc) is 3.22. The molecule has 1 atom stereocenters. The number of Topliss-reactive ketones (excluding diaryl/α,β-unsaturated/α-hetero) is 1. The summed E-state index contributed by atoms with van der Waals surface area (Å²) in [6, 6.07) is 29.7. The fourth-order valence-electron chi connectivity index (χ4n) is 5.39. The number of hydrogen-bond acceptors (Lipinski definition) is 5. The number of nitrogens with one attached hydrogen (secondary N) is 1. The van der Waals surface area contributed by atoms with Crippen LogP contribution in [0.4, 0.5) is 0 Å². The van der Waals surface area contributed by atoms with E-state index in [1.54, 1.807) is 6.92 Å². The van der Waals surface area contributed by atoms with Gasteiger partial charge < -0.3 is 14.8 Å². The SMILES string of the molecule is CCOC(=O)C1=C(C)NC2=C(C(=O)c3ccccc32)[C@H]1c1ccc(OCc2ccc3ccccc3c2)cc1. The summed E-state index contributed by atoms with van der Waals surface area (Å²) < 4.78 is 11.5. The molecule has 4 aromatic carbocycles. The number of ketones is 1. The first-order chi connectivity index (χ1) is 18.5. The summed E-state index contributed by atoms with van der Waals surface area (Å²) in [6.45, 7) is 4.33. The lowest BCUT2D eigenvalue weighted by atomic mass is 9.80. The lowest BCUT2D eigenvalue weighted by molar-refractivity contribution is -0.138. The lowest BCUT2D eigenvalue weighted by Gasteiger charge is -2.29. The zero-order chi connectivity index (χ0) is 26.2. The van der Waals surface area contributed by atoms with E-state index in [9.17, 15) is 9.59 Å². The standard InChI is InChI=1S/C33H27NO4/c1-3-37-33(36)28-20(2)34-31-26-10-6-7-11-27(26)32(35)30(31)29(28)23-14-16-25(17-15-23)38-19-21-12-13-22-8-4-5-9-24(22)18-21/h4-18,29,34H,3,19H2,1-2H3/t29-/m0/s1. The van der Waals surface area contributed by atoms with E-state index in [4.69, 9.17) is 9.47 Å². The number of rotatable bonds is 6. The summed E-state index contributed by atoms with van der Waals surface area (Å²) in [4.78, 5) is 26.7. The predicted octanol–water partition coefficient (Wildman–Crippen LogP) is 6.55. The van der Waals surface area contributed by atoms with Gasteiger partial charge in [-0.2, -0.15) is 0 Å². The molecule has 6 rings (SSSR count). The first-order valence-corrected chi connectivity index (χ1v) is 12.8. The zero-order valence-electron chi connectivity index (χ0n) is 21.3. The van der Waals surface area contributed by atoms with Crippen molar-refractivity contribution in [1.82, 2.24) is 5.32 Å². The Kier molecular flexibility index (Phi) is 6.04. The van der Waals surface area contributed by atoms with Gasteiger partial charge in [0.2, 0.25) is 0 Å². The quantitative estimate of drug-likeness (QED) is 0.304. The van der Waals surface area contributed by atoms with Gasteiger partial charge in [-0.3, -0.25) is 4.79 Å². The van der Waals surface area contributed by atoms with Gasteiger partial charge in [-0.15, -0.1) is 0 Å². The second-order valence-corrected chi connectivity index (χ2v) is 9.52. The number of fused-ring (bicyclic) bond motifs is 3. The Hall–Kier alpha value is -4.64. The van der Waals surface area contributed by atoms with E-state index in [1.165, 1.54) is 10.8 Å². The molecule has 1 aliphatic heterocycles. The van der Waals surface area contributed by atoms with Gasteiger partial charge in [0.25, 0.3) is 0 Å². The summed E-state index contributed by atoms with van der Waals surface area (Å²) in [6.07, 6.45) is 0. The van der Waals surface area contributed by atoms with Gasteiger partial charge in [-0.05, 0) is 53.9 Å². The van der Waals surface area contributed by atoms with Gasteiger partial charge in [0.05, 0.1) is 17.9 Å². The van der Waals surface area contributed by atoms with Crippen LogP contribution in [0.5, 0.6) is 5.75 Å². The molecule has 5 nitrogen and oxygen atoms in total. The Bertz CT molecular complexity index is 1650. The highest BCUT2D eigenvalue weighted by Crippen LogP contribution is 2.46. The third kappa shape index (κ3) is 4.06. The van der Waals surface area contributed by atoms with Gasteiger partial charge in [-0.1, -0.05) is 72.8 Å². The van der Waals surface area contributed by atoms with Crippen molar-refractivity contribution in [3.05, 3.63) is 130 Å². The van der Waals surface area contributed by atoms with Crippen LogP contribution in [0.2, 0.25) is 0 Å². The van der Waals surface area contributed by atoms with Crippen molar-refractivity contribution in [1.29, 1.82) is 0 Å². The van der Waals surface area contributed by atoms with Crippen LogP contribution < -0.4 is 10.1 Å². The van der Waals surface area contributed by atoms with Crippen LogP contribution in [0.3, 0.4) is 0 Å². The summed E-state index contributed by atoms with van der Waals surface area (Å²) in [7, 11) is 0. The van der Waals surface area contributed by atoms with Crippen molar-refractivity contribution < 1.29 is 19.1 Å². The minimum atomic E-state index is -0.542. The summed E-state index contributed by atoms with van der Waals surface area (Å²) in [5, 5.41) is 5.70. The molecule has 0 amide bonds. The molecule has 1 N–H and O–H groups in total. The van der Waals surface area contributed by atoms with Crippen molar-refractivity contribution in [3.8, 4) is 5.75 Å². The Morgan fingerprint density at radius 3 is 2.34 bits per heavy atom. The van der Waals surface area contributed by atoms with Crippen molar-refractivity contribution in [2.75, 3.05) is 6.61 Å². The van der Waals surface area contributed by atoms with E-state index >= 15 is 0 Å².